The van der Waals surface area contributed by atoms with Gasteiger partial charge in [0, 0.05) is 18.8 Å². The maximum atomic E-state index is 11.5. The van der Waals surface area contributed by atoms with Crippen LogP contribution in [0.3, 0.4) is 0 Å². The van der Waals surface area contributed by atoms with Crippen molar-refractivity contribution in [2.75, 3.05) is 38.3 Å². The predicted molar refractivity (Wildman–Crippen MR) is 91.8 cm³/mol. The summed E-state index contributed by atoms with van der Waals surface area (Å²) in [7, 11) is 1.31. The van der Waals surface area contributed by atoms with Gasteiger partial charge in [-0.2, -0.15) is 11.8 Å². The zero-order valence-corrected chi connectivity index (χ0v) is 13.9. The van der Waals surface area contributed by atoms with Gasteiger partial charge in [-0.05, 0) is 18.2 Å². The van der Waals surface area contributed by atoms with Crippen molar-refractivity contribution in [2.24, 2.45) is 0 Å². The Labute approximate surface area is 140 Å². The number of para-hydroxylation sites is 1. The molecule has 7 heteroatoms. The van der Waals surface area contributed by atoms with Crippen molar-refractivity contribution in [1.82, 2.24) is 10.6 Å². The maximum Gasteiger partial charge on any atom is 0.406 e. The van der Waals surface area contributed by atoms with Gasteiger partial charge in [-0.15, -0.1) is 0 Å². The molecule has 1 aromatic rings. The number of ether oxygens (including phenoxy) is 2. The standard InChI is InChI=1S/C16H22N2O4S/c1-21-16(20)18-10-12-23-13-15(19)17-9-5-6-11-22-14-7-3-2-4-8-14/h2-8H,9-13H2,1H3,(H,17,19)(H,18,20)/b6-5-. The molecule has 6 nitrogen and oxygen atoms in total. The lowest BCUT2D eigenvalue weighted by molar-refractivity contribution is -0.118. The molecule has 1 rings (SSSR count). The molecule has 0 fully saturated rings. The van der Waals surface area contributed by atoms with Crippen molar-refractivity contribution in [3.05, 3.63) is 42.5 Å². The summed E-state index contributed by atoms with van der Waals surface area (Å²) in [6, 6.07) is 9.54. The molecular formula is C16H22N2O4S. The van der Waals surface area contributed by atoms with Gasteiger partial charge in [0.2, 0.25) is 5.91 Å². The van der Waals surface area contributed by atoms with Crippen LogP contribution in [0.5, 0.6) is 5.75 Å². The molecule has 1 aromatic carbocycles. The summed E-state index contributed by atoms with van der Waals surface area (Å²) in [4.78, 5) is 22.3. The van der Waals surface area contributed by atoms with Crippen LogP contribution in [0.2, 0.25) is 0 Å². The van der Waals surface area contributed by atoms with Gasteiger partial charge in [0.05, 0.1) is 12.9 Å². The first-order valence-corrected chi connectivity index (χ1v) is 8.37. The van der Waals surface area contributed by atoms with Crippen LogP contribution in [0.4, 0.5) is 4.79 Å². The number of nitrogens with one attached hydrogen (secondary N) is 2. The van der Waals surface area contributed by atoms with Crippen LogP contribution in [0.25, 0.3) is 0 Å². The van der Waals surface area contributed by atoms with Gasteiger partial charge < -0.3 is 20.1 Å². The summed E-state index contributed by atoms with van der Waals surface area (Å²) in [5.41, 5.74) is 0. The van der Waals surface area contributed by atoms with Gasteiger partial charge in [-0.25, -0.2) is 4.79 Å². The average molecular weight is 338 g/mol. The molecule has 0 heterocycles. The van der Waals surface area contributed by atoms with Crippen LogP contribution in [-0.4, -0.2) is 50.3 Å². The monoisotopic (exact) mass is 338 g/mol. The van der Waals surface area contributed by atoms with Crippen LogP contribution in [0, 0.1) is 0 Å². The molecular weight excluding hydrogens is 316 g/mol. The molecule has 0 atom stereocenters. The van der Waals surface area contributed by atoms with Crippen LogP contribution in [-0.2, 0) is 9.53 Å². The van der Waals surface area contributed by atoms with E-state index in [-0.39, 0.29) is 5.91 Å². The van der Waals surface area contributed by atoms with Crippen molar-refractivity contribution in [3.8, 4) is 5.75 Å². The zero-order valence-electron chi connectivity index (χ0n) is 13.1. The van der Waals surface area contributed by atoms with Gasteiger partial charge in [-0.3, -0.25) is 4.79 Å². The van der Waals surface area contributed by atoms with E-state index >= 15 is 0 Å². The zero-order chi connectivity index (χ0) is 16.8. The van der Waals surface area contributed by atoms with Crippen molar-refractivity contribution >= 4 is 23.8 Å². The number of carbonyl (C=O) groups is 2. The minimum absolute atomic E-state index is 0.0401. The summed E-state index contributed by atoms with van der Waals surface area (Å²) in [6.07, 6.45) is 3.25. The average Bonchev–Trinajstić information content (AvgIpc) is 2.58. The molecule has 0 radical (unpaired) electrons. The van der Waals surface area contributed by atoms with E-state index in [0.717, 1.165) is 5.75 Å². The minimum atomic E-state index is -0.460. The molecule has 126 valence electrons. The fourth-order valence-corrected chi connectivity index (χ4v) is 2.18. The van der Waals surface area contributed by atoms with Gasteiger partial charge in [0.1, 0.15) is 12.4 Å². The molecule has 0 bridgehead atoms. The first-order valence-electron chi connectivity index (χ1n) is 7.21. The van der Waals surface area contributed by atoms with Crippen LogP contribution < -0.4 is 15.4 Å². The molecule has 0 aliphatic heterocycles. The normalized spacial score (nSPS) is 10.3. The van der Waals surface area contributed by atoms with Gasteiger partial charge >= 0.3 is 6.09 Å². The van der Waals surface area contributed by atoms with E-state index in [1.54, 1.807) is 0 Å². The molecule has 0 aliphatic carbocycles. The third-order valence-electron chi connectivity index (χ3n) is 2.61. The maximum absolute atomic E-state index is 11.5. The van der Waals surface area contributed by atoms with Crippen LogP contribution in [0.1, 0.15) is 0 Å². The Kier molecular flexibility index (Phi) is 10.2. The summed E-state index contributed by atoms with van der Waals surface area (Å²) in [6.45, 7) is 1.41. The summed E-state index contributed by atoms with van der Waals surface area (Å²) in [5.74, 6) is 1.79. The van der Waals surface area contributed by atoms with E-state index < -0.39 is 6.09 Å². The van der Waals surface area contributed by atoms with Gasteiger partial charge in [0.25, 0.3) is 0 Å². The molecule has 23 heavy (non-hydrogen) atoms. The van der Waals surface area contributed by atoms with Crippen molar-refractivity contribution < 1.29 is 19.1 Å². The second-order valence-corrected chi connectivity index (χ2v) is 5.48. The Morgan fingerprint density at radius 2 is 1.96 bits per heavy atom. The number of rotatable bonds is 10. The number of amides is 2. The van der Waals surface area contributed by atoms with Crippen molar-refractivity contribution in [2.45, 2.75) is 0 Å². The predicted octanol–water partition coefficient (Wildman–Crippen LogP) is 1.83. The van der Waals surface area contributed by atoms with E-state index in [1.165, 1.54) is 18.9 Å². The molecule has 0 aliphatic rings. The fourth-order valence-electron chi connectivity index (χ4n) is 1.50. The lowest BCUT2D eigenvalue weighted by atomic mass is 10.3. The van der Waals surface area contributed by atoms with E-state index in [4.69, 9.17) is 4.74 Å². The molecule has 0 saturated heterocycles. The number of benzene rings is 1. The highest BCUT2D eigenvalue weighted by molar-refractivity contribution is 7.99. The molecule has 2 amide bonds. The first kappa shape index (κ1) is 18.9. The lowest BCUT2D eigenvalue weighted by Crippen LogP contribution is -2.27. The lowest BCUT2D eigenvalue weighted by Gasteiger charge is -2.04. The molecule has 0 spiro atoms. The largest absolute Gasteiger partial charge is 0.490 e. The highest BCUT2D eigenvalue weighted by Crippen LogP contribution is 2.07. The number of hydrogen-bond acceptors (Lipinski definition) is 5. The second kappa shape index (κ2) is 12.4. The summed E-state index contributed by atoms with van der Waals surface area (Å²) < 4.78 is 9.92. The Bertz CT molecular complexity index is 494. The highest BCUT2D eigenvalue weighted by Gasteiger charge is 2.01. The summed E-state index contributed by atoms with van der Waals surface area (Å²) in [5, 5.41) is 5.33. The fraction of sp³-hybridized carbons (Fsp3) is 0.375. The Hall–Kier alpha value is -2.15. The van der Waals surface area contributed by atoms with Crippen LogP contribution >= 0.6 is 11.8 Å². The molecule has 2 N–H and O–H groups in total. The molecule has 0 aromatic heterocycles. The van der Waals surface area contributed by atoms with E-state index in [9.17, 15) is 9.59 Å². The number of alkyl carbamates (subject to hydrolysis) is 1. The summed E-state index contributed by atoms with van der Waals surface area (Å²) >= 11 is 1.45. The Balaban J connectivity index is 1.97. The second-order valence-electron chi connectivity index (χ2n) is 4.37. The third kappa shape index (κ3) is 10.2. The Morgan fingerprint density at radius 1 is 1.17 bits per heavy atom. The minimum Gasteiger partial charge on any atom is -0.490 e. The smallest absolute Gasteiger partial charge is 0.406 e. The van der Waals surface area contributed by atoms with E-state index in [1.807, 2.05) is 42.5 Å². The number of methoxy groups -OCH3 is 1. The van der Waals surface area contributed by atoms with Crippen molar-refractivity contribution in [3.63, 3.8) is 0 Å². The number of carbonyl (C=O) groups excluding carboxylic acids is 2. The quantitative estimate of drug-likeness (QED) is 0.503. The van der Waals surface area contributed by atoms with E-state index in [2.05, 4.69) is 15.4 Å². The topological polar surface area (TPSA) is 76.7 Å². The van der Waals surface area contributed by atoms with Gasteiger partial charge in [0.15, 0.2) is 0 Å². The molecule has 0 saturated carbocycles. The van der Waals surface area contributed by atoms with Gasteiger partial charge in [-0.1, -0.05) is 24.3 Å². The SMILES string of the molecule is COC(=O)NCCSCC(=O)NC/C=C\COc1ccccc1. The Morgan fingerprint density at radius 3 is 2.70 bits per heavy atom. The first-order chi connectivity index (χ1) is 11.2. The van der Waals surface area contributed by atoms with Crippen LogP contribution in [0.15, 0.2) is 42.5 Å². The number of thioether (sulfide) groups is 1. The molecule has 0 unspecified atom stereocenters. The van der Waals surface area contributed by atoms with Crippen molar-refractivity contribution in [1.29, 1.82) is 0 Å². The third-order valence-corrected chi connectivity index (χ3v) is 3.57. The van der Waals surface area contributed by atoms with E-state index in [0.29, 0.717) is 31.2 Å². The highest BCUT2D eigenvalue weighted by atomic mass is 32.2. The number of hydrogen-bond donors (Lipinski definition) is 2.